The number of nitrogens with two attached hydrogens (primary N) is 2. The molecule has 1 aliphatic heterocycles. The quantitative estimate of drug-likeness (QED) is 0.176. The van der Waals surface area contributed by atoms with Gasteiger partial charge in [-0.05, 0) is 12.5 Å². The number of amides is 1. The number of carbonyl (C=O) groups excluding carboxylic acids is 1. The molecule has 0 radical (unpaired) electrons. The molecule has 1 amide bonds. The monoisotopic (exact) mass is 399 g/mol. The van der Waals surface area contributed by atoms with E-state index in [0.717, 1.165) is 6.54 Å². The molecule has 150 valence electrons. The van der Waals surface area contributed by atoms with Crippen molar-refractivity contribution in [2.75, 3.05) is 39.6 Å². The fourth-order valence-corrected chi connectivity index (χ4v) is 3.24. The highest BCUT2D eigenvalue weighted by Gasteiger charge is 2.31. The van der Waals surface area contributed by atoms with Crippen LogP contribution in [-0.4, -0.2) is 67.8 Å². The Bertz CT molecular complexity index is 700. The van der Waals surface area contributed by atoms with Gasteiger partial charge in [-0.15, -0.1) is 0 Å². The van der Waals surface area contributed by atoms with E-state index in [1.54, 1.807) is 7.11 Å². The van der Waals surface area contributed by atoms with Crippen LogP contribution in [0.3, 0.4) is 0 Å². The number of amidine groups is 1. The van der Waals surface area contributed by atoms with Crippen LogP contribution in [0.2, 0.25) is 5.02 Å². The summed E-state index contributed by atoms with van der Waals surface area (Å²) < 4.78 is 10.8. The number of anilines is 1. The van der Waals surface area contributed by atoms with E-state index in [4.69, 9.17) is 37.7 Å². The van der Waals surface area contributed by atoms with Gasteiger partial charge in [-0.25, -0.2) is 0 Å². The molecule has 2 atom stereocenters. The second-order valence-corrected chi connectivity index (χ2v) is 6.77. The molecule has 0 saturated carbocycles. The van der Waals surface area contributed by atoms with Crippen molar-refractivity contribution in [3.63, 3.8) is 0 Å². The number of benzene rings is 1. The van der Waals surface area contributed by atoms with E-state index in [0.29, 0.717) is 48.0 Å². The molecule has 0 unspecified atom stereocenters. The molecular weight excluding hydrogens is 374 g/mol. The van der Waals surface area contributed by atoms with Crippen molar-refractivity contribution in [1.29, 1.82) is 0 Å². The molecule has 1 saturated heterocycles. The van der Waals surface area contributed by atoms with Gasteiger partial charge in [0.15, 0.2) is 0 Å². The maximum Gasteiger partial charge on any atom is 0.255 e. The number of hydrogen-bond acceptors (Lipinski definition) is 7. The van der Waals surface area contributed by atoms with Gasteiger partial charge in [0, 0.05) is 39.2 Å². The van der Waals surface area contributed by atoms with Gasteiger partial charge in [0.1, 0.15) is 11.6 Å². The van der Waals surface area contributed by atoms with E-state index in [9.17, 15) is 4.79 Å². The molecule has 1 heterocycles. The summed E-state index contributed by atoms with van der Waals surface area (Å²) in [5, 5.41) is 14.9. The van der Waals surface area contributed by atoms with Crippen molar-refractivity contribution < 1.29 is 19.5 Å². The predicted molar refractivity (Wildman–Crippen MR) is 104 cm³/mol. The Morgan fingerprint density at radius 2 is 2.22 bits per heavy atom. The zero-order chi connectivity index (χ0) is 20.0. The first-order valence-corrected chi connectivity index (χ1v) is 8.92. The number of nitrogen functional groups attached to an aromatic ring is 1. The van der Waals surface area contributed by atoms with Crippen LogP contribution in [0.1, 0.15) is 23.2 Å². The molecule has 0 spiro atoms. The Kier molecular flexibility index (Phi) is 7.52. The Balaban J connectivity index is 2.03. The number of likely N-dealkylation sites (tertiary alicyclic amines) is 1. The summed E-state index contributed by atoms with van der Waals surface area (Å²) >= 11 is 6.05. The fourth-order valence-electron chi connectivity index (χ4n) is 3.07. The van der Waals surface area contributed by atoms with E-state index >= 15 is 0 Å². The van der Waals surface area contributed by atoms with Gasteiger partial charge in [0.25, 0.3) is 5.91 Å². The first-order chi connectivity index (χ1) is 12.9. The van der Waals surface area contributed by atoms with Crippen LogP contribution in [0.4, 0.5) is 5.69 Å². The minimum Gasteiger partial charge on any atom is -0.496 e. The highest BCUT2D eigenvalue weighted by atomic mass is 35.5. The van der Waals surface area contributed by atoms with Crippen LogP contribution in [0.15, 0.2) is 17.3 Å². The van der Waals surface area contributed by atoms with Gasteiger partial charge in [0.2, 0.25) is 0 Å². The lowest BCUT2D eigenvalue weighted by Gasteiger charge is -2.38. The fraction of sp³-hybridized carbons (Fsp3) is 0.529. The third-order valence-corrected chi connectivity index (χ3v) is 4.97. The summed E-state index contributed by atoms with van der Waals surface area (Å²) in [6.07, 6.45) is 0.974. The topological polar surface area (TPSA) is 135 Å². The molecule has 1 aromatic rings. The predicted octanol–water partition coefficient (Wildman–Crippen LogP) is 0.886. The maximum atomic E-state index is 12.7. The maximum absolute atomic E-state index is 12.7. The molecule has 0 aliphatic carbocycles. The number of oxime groups is 1. The van der Waals surface area contributed by atoms with Crippen molar-refractivity contribution in [3.05, 3.63) is 22.7 Å². The second kappa shape index (κ2) is 9.63. The Morgan fingerprint density at radius 3 is 2.85 bits per heavy atom. The number of rotatable bonds is 7. The summed E-state index contributed by atoms with van der Waals surface area (Å²) in [5.41, 5.74) is 12.0. The average Bonchev–Trinajstić information content (AvgIpc) is 2.68. The summed E-state index contributed by atoms with van der Waals surface area (Å²) in [5.74, 6) is 0.247. The largest absolute Gasteiger partial charge is 0.496 e. The molecule has 0 aromatic heterocycles. The highest BCUT2D eigenvalue weighted by molar-refractivity contribution is 6.33. The molecule has 1 aliphatic rings. The van der Waals surface area contributed by atoms with Crippen molar-refractivity contribution in [3.8, 4) is 5.75 Å². The Morgan fingerprint density at radius 1 is 1.48 bits per heavy atom. The molecule has 1 aromatic carbocycles. The van der Waals surface area contributed by atoms with Crippen LogP contribution in [0, 0.1) is 0 Å². The highest BCUT2D eigenvalue weighted by Crippen LogP contribution is 2.29. The first-order valence-electron chi connectivity index (χ1n) is 8.55. The number of nitrogens with one attached hydrogen (secondary N) is 1. The van der Waals surface area contributed by atoms with Gasteiger partial charge >= 0.3 is 0 Å². The SMILES string of the molecule is COc1cc(N)c(Cl)cc1C(=O)N[C@@H]1CCN(CCC(N)=NO)C[C@@H]1OC. The van der Waals surface area contributed by atoms with Gasteiger partial charge in [-0.3, -0.25) is 4.79 Å². The summed E-state index contributed by atoms with van der Waals surface area (Å²) in [6.45, 7) is 2.03. The van der Waals surface area contributed by atoms with E-state index in [-0.39, 0.29) is 23.9 Å². The lowest BCUT2D eigenvalue weighted by Crippen LogP contribution is -2.55. The molecule has 1 fully saturated rings. The molecular formula is C17H26ClN5O4. The van der Waals surface area contributed by atoms with Crippen LogP contribution < -0.4 is 21.5 Å². The first kappa shape index (κ1) is 21.1. The van der Waals surface area contributed by atoms with Gasteiger partial charge < -0.3 is 36.4 Å². The minimum absolute atomic E-state index is 0.163. The third-order valence-electron chi connectivity index (χ3n) is 4.64. The van der Waals surface area contributed by atoms with Gasteiger partial charge in [-0.1, -0.05) is 16.8 Å². The number of carbonyl (C=O) groups is 1. The van der Waals surface area contributed by atoms with E-state index < -0.39 is 0 Å². The molecule has 0 bridgehead atoms. The van der Waals surface area contributed by atoms with Crippen LogP contribution >= 0.6 is 11.6 Å². The second-order valence-electron chi connectivity index (χ2n) is 6.36. The Labute approximate surface area is 163 Å². The number of methoxy groups -OCH3 is 2. The number of halogens is 1. The number of nitrogens with zero attached hydrogens (tertiary/aromatic N) is 2. The molecule has 6 N–H and O–H groups in total. The molecule has 9 nitrogen and oxygen atoms in total. The lowest BCUT2D eigenvalue weighted by molar-refractivity contribution is 0.00717. The zero-order valence-electron chi connectivity index (χ0n) is 15.4. The van der Waals surface area contributed by atoms with E-state index in [2.05, 4.69) is 15.4 Å². The van der Waals surface area contributed by atoms with Crippen molar-refractivity contribution in [2.24, 2.45) is 10.9 Å². The smallest absolute Gasteiger partial charge is 0.255 e. The summed E-state index contributed by atoms with van der Waals surface area (Å²) in [7, 11) is 3.08. The van der Waals surface area contributed by atoms with Crippen LogP contribution in [0.25, 0.3) is 0 Å². The van der Waals surface area contributed by atoms with Gasteiger partial charge in [-0.2, -0.15) is 0 Å². The third kappa shape index (κ3) is 5.38. The Hall–Kier alpha value is -2.23. The van der Waals surface area contributed by atoms with Crippen molar-refractivity contribution in [2.45, 2.75) is 25.0 Å². The number of ether oxygens (including phenoxy) is 2. The lowest BCUT2D eigenvalue weighted by atomic mass is 10.0. The summed E-state index contributed by atoms with van der Waals surface area (Å²) in [4.78, 5) is 14.9. The number of hydrogen-bond donors (Lipinski definition) is 4. The molecule has 10 heteroatoms. The normalized spacial score (nSPS) is 21.1. The average molecular weight is 400 g/mol. The standard InChI is InChI=1S/C17H26ClN5O4/c1-26-14-8-12(19)11(18)7-10(14)17(24)21-13-3-5-23(9-15(13)27-2)6-4-16(20)22-25/h7-8,13,15,25H,3-6,9,19H2,1-2H3,(H2,20,22)(H,21,24)/t13-,15+/m1/s1. The van der Waals surface area contributed by atoms with E-state index in [1.165, 1.54) is 19.2 Å². The zero-order valence-corrected chi connectivity index (χ0v) is 16.2. The molecule has 2 rings (SSSR count). The minimum atomic E-state index is -0.300. The van der Waals surface area contributed by atoms with Crippen LogP contribution in [-0.2, 0) is 4.74 Å². The van der Waals surface area contributed by atoms with Crippen molar-refractivity contribution >= 4 is 29.0 Å². The molecule has 27 heavy (non-hydrogen) atoms. The van der Waals surface area contributed by atoms with Crippen molar-refractivity contribution in [1.82, 2.24) is 10.2 Å². The summed E-state index contributed by atoms with van der Waals surface area (Å²) in [6, 6.07) is 2.86. The van der Waals surface area contributed by atoms with Crippen LogP contribution in [0.5, 0.6) is 5.75 Å². The van der Waals surface area contributed by atoms with E-state index in [1.807, 2.05) is 0 Å². The van der Waals surface area contributed by atoms with Gasteiger partial charge in [0.05, 0.1) is 35.5 Å². The number of piperidine rings is 1.